The van der Waals surface area contributed by atoms with Crippen LogP contribution in [0, 0.1) is 0 Å². The highest BCUT2D eigenvalue weighted by molar-refractivity contribution is 5.89. The van der Waals surface area contributed by atoms with E-state index in [2.05, 4.69) is 17.6 Å². The smallest absolute Gasteiger partial charge is 0.338 e. The number of benzene rings is 1. The summed E-state index contributed by atoms with van der Waals surface area (Å²) >= 11 is 0. The number of aliphatic carboxylic acids is 1. The Hall–Kier alpha value is -3.01. The summed E-state index contributed by atoms with van der Waals surface area (Å²) in [4.78, 5) is 33.9. The van der Waals surface area contributed by atoms with Crippen molar-refractivity contribution in [2.24, 2.45) is 0 Å². The second-order valence-corrected chi connectivity index (χ2v) is 12.3. The summed E-state index contributed by atoms with van der Waals surface area (Å²) in [5.41, 5.74) is 1.50. The van der Waals surface area contributed by atoms with Gasteiger partial charge in [-0.1, -0.05) is 13.3 Å². The number of rotatable bonds is 45. The number of carbonyl (C=O) groups is 3. The number of carboxylic acid groups (broad SMARTS) is 1. The summed E-state index contributed by atoms with van der Waals surface area (Å²) in [6.45, 7) is 13.7. The molecule has 18 heteroatoms. The molecule has 0 atom stereocenters. The van der Waals surface area contributed by atoms with E-state index in [0.717, 1.165) is 25.1 Å². The summed E-state index contributed by atoms with van der Waals surface area (Å²) in [5, 5.41) is 14.5. The maximum Gasteiger partial charge on any atom is 0.338 e. The van der Waals surface area contributed by atoms with Crippen LogP contribution in [-0.2, 0) is 66.4 Å². The molecule has 0 bridgehead atoms. The van der Waals surface area contributed by atoms with Gasteiger partial charge in [0.2, 0.25) is 5.91 Å². The van der Waals surface area contributed by atoms with Crippen LogP contribution in [0.15, 0.2) is 24.3 Å². The number of carbonyl (C=O) groups excluding carboxylic acids is 2. The third-order valence-electron chi connectivity index (χ3n) is 7.51. The summed E-state index contributed by atoms with van der Waals surface area (Å²) < 4.78 is 65.4. The van der Waals surface area contributed by atoms with E-state index in [1.165, 1.54) is 0 Å². The Morgan fingerprint density at radius 3 is 1.19 bits per heavy atom. The lowest BCUT2D eigenvalue weighted by Gasteiger charge is -2.09. The number of unbranched alkanes of at least 4 members (excludes halogenated alkanes) is 1. The van der Waals surface area contributed by atoms with Crippen LogP contribution in [-0.4, -0.2) is 188 Å². The number of ether oxygens (including phenoxy) is 12. The molecule has 1 aromatic rings. The molecule has 0 unspecified atom stereocenters. The van der Waals surface area contributed by atoms with E-state index in [-0.39, 0.29) is 31.3 Å². The monoisotopic (exact) mass is 834 g/mol. The fourth-order valence-electron chi connectivity index (χ4n) is 4.42. The van der Waals surface area contributed by atoms with Gasteiger partial charge in [0.25, 0.3) is 0 Å². The third kappa shape index (κ3) is 37.3. The van der Waals surface area contributed by atoms with Gasteiger partial charge < -0.3 is 72.6 Å². The van der Waals surface area contributed by atoms with Gasteiger partial charge >= 0.3 is 11.9 Å². The van der Waals surface area contributed by atoms with Crippen molar-refractivity contribution in [2.75, 3.05) is 170 Å². The average molecular weight is 835 g/mol. The molecule has 1 amide bonds. The Morgan fingerprint density at radius 1 is 0.466 bits per heavy atom. The lowest BCUT2D eigenvalue weighted by Crippen LogP contribution is -2.25. The fourth-order valence-corrected chi connectivity index (χ4v) is 4.42. The van der Waals surface area contributed by atoms with E-state index < -0.39 is 5.97 Å². The molecule has 58 heavy (non-hydrogen) atoms. The van der Waals surface area contributed by atoms with Gasteiger partial charge in [-0.05, 0) is 37.1 Å². The van der Waals surface area contributed by atoms with Crippen molar-refractivity contribution in [1.29, 1.82) is 0 Å². The van der Waals surface area contributed by atoms with Crippen LogP contribution < -0.4 is 10.6 Å². The summed E-state index contributed by atoms with van der Waals surface area (Å²) in [6.07, 6.45) is 2.69. The molecule has 0 saturated heterocycles. The van der Waals surface area contributed by atoms with E-state index in [1.807, 2.05) is 12.1 Å². The number of nitrogens with one attached hydrogen (secondary N) is 2. The van der Waals surface area contributed by atoms with E-state index in [1.54, 1.807) is 12.1 Å². The maximum atomic E-state index is 12.1. The zero-order valence-electron chi connectivity index (χ0n) is 34.6. The molecule has 0 fully saturated rings. The second-order valence-electron chi connectivity index (χ2n) is 12.3. The molecule has 1 aromatic carbocycles. The first-order valence-electron chi connectivity index (χ1n) is 20.4. The fraction of sp³-hybridized carbons (Fsp3) is 0.775. The van der Waals surface area contributed by atoms with Gasteiger partial charge in [0.1, 0.15) is 6.61 Å². The van der Waals surface area contributed by atoms with Gasteiger partial charge in [0, 0.05) is 31.8 Å². The topological polar surface area (TPSA) is 206 Å². The van der Waals surface area contributed by atoms with Crippen LogP contribution in [0.3, 0.4) is 0 Å². The van der Waals surface area contributed by atoms with Gasteiger partial charge in [-0.25, -0.2) is 4.79 Å². The Balaban J connectivity index is 1.67. The molecule has 18 nitrogen and oxygen atoms in total. The molecule has 0 aliphatic rings. The number of carboxylic acids is 1. The number of hydrogen-bond donors (Lipinski definition) is 3. The summed E-state index contributed by atoms with van der Waals surface area (Å²) in [7, 11) is 0. The molecule has 336 valence electrons. The Morgan fingerprint density at radius 2 is 0.828 bits per heavy atom. The molecule has 0 radical (unpaired) electrons. The molecule has 0 saturated carbocycles. The quantitative estimate of drug-likeness (QED) is 0.0638. The average Bonchev–Trinajstić information content (AvgIpc) is 3.22. The Kier molecular flexibility index (Phi) is 38.5. The van der Waals surface area contributed by atoms with Crippen LogP contribution in [0.2, 0.25) is 0 Å². The zero-order valence-corrected chi connectivity index (χ0v) is 34.6. The maximum absolute atomic E-state index is 12.1. The molecule has 0 aromatic heterocycles. The van der Waals surface area contributed by atoms with Crippen LogP contribution in [0.5, 0.6) is 0 Å². The number of anilines is 1. The first kappa shape index (κ1) is 53.0. The highest BCUT2D eigenvalue weighted by Crippen LogP contribution is 2.11. The SMILES string of the molecule is CCCCNc1ccc(C(=O)OCCOCCOCCOCCOCCOCCOCCOCCOCCOCCOCCOCCCNC(=O)CCC(=O)O)cc1. The molecule has 1 rings (SSSR count). The van der Waals surface area contributed by atoms with E-state index in [9.17, 15) is 14.4 Å². The number of amides is 1. The lowest BCUT2D eigenvalue weighted by molar-refractivity contribution is -0.138. The van der Waals surface area contributed by atoms with Crippen LogP contribution in [0.1, 0.15) is 49.4 Å². The largest absolute Gasteiger partial charge is 0.481 e. The van der Waals surface area contributed by atoms with Crippen molar-refractivity contribution in [3.8, 4) is 0 Å². The molecular formula is C40H70N2O16. The normalized spacial score (nSPS) is 11.2. The Labute approximate surface area is 344 Å². The molecule has 3 N–H and O–H groups in total. The molecule has 0 aliphatic carbocycles. The second kappa shape index (κ2) is 42.1. The highest BCUT2D eigenvalue weighted by atomic mass is 16.6. The van der Waals surface area contributed by atoms with Crippen LogP contribution >= 0.6 is 0 Å². The molecular weight excluding hydrogens is 764 g/mol. The van der Waals surface area contributed by atoms with Gasteiger partial charge in [-0.15, -0.1) is 0 Å². The minimum Gasteiger partial charge on any atom is -0.481 e. The minimum absolute atomic E-state index is 0.0149. The summed E-state index contributed by atoms with van der Waals surface area (Å²) in [5.74, 6) is -1.63. The molecule has 0 aliphatic heterocycles. The van der Waals surface area contributed by atoms with Gasteiger partial charge in [0.05, 0.1) is 151 Å². The third-order valence-corrected chi connectivity index (χ3v) is 7.51. The first-order chi connectivity index (χ1) is 28.5. The van der Waals surface area contributed by atoms with Crippen molar-refractivity contribution >= 4 is 23.5 Å². The lowest BCUT2D eigenvalue weighted by atomic mass is 10.2. The highest BCUT2D eigenvalue weighted by Gasteiger charge is 2.07. The molecule has 0 heterocycles. The van der Waals surface area contributed by atoms with Crippen molar-refractivity contribution in [2.45, 2.75) is 39.0 Å². The predicted octanol–water partition coefficient (Wildman–Crippen LogP) is 2.61. The van der Waals surface area contributed by atoms with Crippen molar-refractivity contribution < 1.29 is 76.3 Å². The van der Waals surface area contributed by atoms with Crippen molar-refractivity contribution in [1.82, 2.24) is 5.32 Å². The Bertz CT molecular complexity index is 1090. The van der Waals surface area contributed by atoms with Crippen molar-refractivity contribution in [3.05, 3.63) is 29.8 Å². The minimum atomic E-state index is -0.986. The number of hydrogen-bond acceptors (Lipinski definition) is 16. The van der Waals surface area contributed by atoms with E-state index in [4.69, 9.17) is 61.9 Å². The van der Waals surface area contributed by atoms with E-state index in [0.29, 0.717) is 164 Å². The standard InChI is InChI=1S/C40H70N2O16/c1-2-3-11-41-37-7-5-36(6-8-37)40(46)58-35-34-57-33-32-56-31-30-55-29-28-54-27-26-53-25-24-52-23-22-51-21-20-50-19-18-49-17-16-48-15-14-47-13-4-12-42-38(43)9-10-39(44)45/h5-8,41H,2-4,9-35H2,1H3,(H,42,43)(H,44,45). The number of esters is 1. The summed E-state index contributed by atoms with van der Waals surface area (Å²) in [6, 6.07) is 7.27. The van der Waals surface area contributed by atoms with Crippen molar-refractivity contribution in [3.63, 3.8) is 0 Å². The van der Waals surface area contributed by atoms with Crippen LogP contribution in [0.25, 0.3) is 0 Å². The van der Waals surface area contributed by atoms with Gasteiger partial charge in [0.15, 0.2) is 0 Å². The van der Waals surface area contributed by atoms with Crippen LogP contribution in [0.4, 0.5) is 5.69 Å². The predicted molar refractivity (Wildman–Crippen MR) is 214 cm³/mol. The van der Waals surface area contributed by atoms with E-state index >= 15 is 0 Å². The zero-order chi connectivity index (χ0) is 41.8. The van der Waals surface area contributed by atoms with Gasteiger partial charge in [-0.3, -0.25) is 9.59 Å². The van der Waals surface area contributed by atoms with Gasteiger partial charge in [-0.2, -0.15) is 0 Å². The first-order valence-corrected chi connectivity index (χ1v) is 20.4. The molecule has 0 spiro atoms.